The summed E-state index contributed by atoms with van der Waals surface area (Å²) in [5.41, 5.74) is 1.62. The second kappa shape index (κ2) is 7.49. The molecule has 0 fully saturated rings. The number of carbonyl (C=O) groups is 2. The Balaban J connectivity index is 2.37. The molecule has 1 heterocycles. The number of hydrazine groups is 1. The minimum absolute atomic E-state index is 0.00240. The zero-order valence-electron chi connectivity index (χ0n) is 13.8. The van der Waals surface area contributed by atoms with Crippen molar-refractivity contribution in [1.29, 1.82) is 0 Å². The van der Waals surface area contributed by atoms with E-state index in [1.165, 1.54) is 36.5 Å². The summed E-state index contributed by atoms with van der Waals surface area (Å²) in [5.74, 6) is -1.97. The van der Waals surface area contributed by atoms with Crippen LogP contribution < -0.4 is 5.43 Å². The van der Waals surface area contributed by atoms with Gasteiger partial charge in [-0.1, -0.05) is 23.7 Å². The molecule has 0 radical (unpaired) electrons. The molecule has 132 valence electrons. The Morgan fingerprint density at radius 1 is 1.24 bits per heavy atom. The minimum atomic E-state index is -0.788. The summed E-state index contributed by atoms with van der Waals surface area (Å²) in [5, 5.41) is 1.11. The third-order valence-electron chi connectivity index (χ3n) is 3.24. The molecular formula is C17H16BrClFN3O2. The molecule has 2 amide bonds. The molecular weight excluding hydrogens is 413 g/mol. The van der Waals surface area contributed by atoms with Crippen molar-refractivity contribution >= 4 is 39.3 Å². The van der Waals surface area contributed by atoms with Crippen molar-refractivity contribution < 1.29 is 14.0 Å². The summed E-state index contributed by atoms with van der Waals surface area (Å²) in [7, 11) is 0. The van der Waals surface area contributed by atoms with Crippen molar-refractivity contribution in [3.8, 4) is 0 Å². The SMILES string of the molecule is CC(C)(C)N(NC(=O)c1ccccc1F)C(=O)c1cc(Br)cnc1Cl. The average Bonchev–Trinajstić information content (AvgIpc) is 2.53. The van der Waals surface area contributed by atoms with Gasteiger partial charge >= 0.3 is 0 Å². The van der Waals surface area contributed by atoms with Gasteiger partial charge in [-0.2, -0.15) is 0 Å². The van der Waals surface area contributed by atoms with E-state index in [2.05, 4.69) is 26.3 Å². The standard InChI is InChI=1S/C17H16BrClFN3O2/c1-17(2,3)23(16(25)12-8-10(18)9-21-14(12)19)22-15(24)11-6-4-5-7-13(11)20/h4-9H,1-3H3,(H,22,24). The van der Waals surface area contributed by atoms with Gasteiger partial charge in [0.05, 0.1) is 16.7 Å². The van der Waals surface area contributed by atoms with Crippen LogP contribution in [0.2, 0.25) is 5.15 Å². The third kappa shape index (κ3) is 4.55. The number of hydrogen-bond acceptors (Lipinski definition) is 3. The number of halogens is 3. The summed E-state index contributed by atoms with van der Waals surface area (Å²) in [6, 6.07) is 7.03. The lowest BCUT2D eigenvalue weighted by atomic mass is 10.1. The molecule has 5 nitrogen and oxygen atoms in total. The van der Waals surface area contributed by atoms with E-state index in [1.807, 2.05) is 0 Å². The van der Waals surface area contributed by atoms with Gasteiger partial charge in [0.1, 0.15) is 11.0 Å². The maximum atomic E-state index is 13.8. The number of carbonyl (C=O) groups excluding carboxylic acids is 2. The smallest absolute Gasteiger partial charge is 0.267 e. The predicted molar refractivity (Wildman–Crippen MR) is 96.7 cm³/mol. The van der Waals surface area contributed by atoms with E-state index < -0.39 is 23.2 Å². The average molecular weight is 429 g/mol. The lowest BCUT2D eigenvalue weighted by molar-refractivity contribution is 0.0356. The van der Waals surface area contributed by atoms with Gasteiger partial charge in [-0.3, -0.25) is 15.0 Å². The molecule has 1 aromatic carbocycles. The number of nitrogens with one attached hydrogen (secondary N) is 1. The van der Waals surface area contributed by atoms with Gasteiger partial charge in [-0.15, -0.1) is 0 Å². The Bertz CT molecular complexity index is 824. The molecule has 1 N–H and O–H groups in total. The number of amides is 2. The van der Waals surface area contributed by atoms with Gasteiger partial charge < -0.3 is 0 Å². The summed E-state index contributed by atoms with van der Waals surface area (Å²) in [6.07, 6.45) is 1.46. The molecule has 0 bridgehead atoms. The van der Waals surface area contributed by atoms with Gasteiger partial charge in [0.15, 0.2) is 0 Å². The maximum absolute atomic E-state index is 13.8. The van der Waals surface area contributed by atoms with Crippen molar-refractivity contribution in [2.45, 2.75) is 26.3 Å². The molecule has 0 aliphatic heterocycles. The second-order valence-electron chi connectivity index (χ2n) is 6.22. The van der Waals surface area contributed by atoms with Crippen molar-refractivity contribution in [2.75, 3.05) is 0 Å². The summed E-state index contributed by atoms with van der Waals surface area (Å²) in [6.45, 7) is 5.18. The van der Waals surface area contributed by atoms with E-state index >= 15 is 0 Å². The largest absolute Gasteiger partial charge is 0.275 e. The molecule has 8 heteroatoms. The van der Waals surface area contributed by atoms with E-state index in [1.54, 1.807) is 20.8 Å². The molecule has 2 rings (SSSR count). The van der Waals surface area contributed by atoms with Gasteiger partial charge in [-0.25, -0.2) is 14.4 Å². The van der Waals surface area contributed by atoms with Crippen molar-refractivity contribution in [1.82, 2.24) is 15.4 Å². The van der Waals surface area contributed by atoms with Crippen LogP contribution in [0.3, 0.4) is 0 Å². The fourth-order valence-corrected chi connectivity index (χ4v) is 2.54. The Morgan fingerprint density at radius 3 is 2.48 bits per heavy atom. The minimum Gasteiger partial charge on any atom is -0.267 e. The first-order valence-electron chi connectivity index (χ1n) is 7.32. The number of hydrogen-bond donors (Lipinski definition) is 1. The fourth-order valence-electron chi connectivity index (χ4n) is 2.02. The Kier molecular flexibility index (Phi) is 5.80. The number of benzene rings is 1. The highest BCUT2D eigenvalue weighted by Gasteiger charge is 2.31. The molecule has 0 atom stereocenters. The van der Waals surface area contributed by atoms with Crippen LogP contribution in [0.1, 0.15) is 41.5 Å². The Hall–Kier alpha value is -1.99. The highest BCUT2D eigenvalue weighted by Crippen LogP contribution is 2.23. The summed E-state index contributed by atoms with van der Waals surface area (Å²) >= 11 is 9.24. The van der Waals surface area contributed by atoms with E-state index in [-0.39, 0.29) is 16.3 Å². The molecule has 0 unspecified atom stereocenters. The number of aromatic nitrogens is 1. The Labute approximate surface area is 158 Å². The van der Waals surface area contributed by atoms with Crippen LogP contribution in [0.25, 0.3) is 0 Å². The maximum Gasteiger partial charge on any atom is 0.275 e. The topological polar surface area (TPSA) is 62.3 Å². The van der Waals surface area contributed by atoms with Crippen LogP contribution in [0.4, 0.5) is 4.39 Å². The summed E-state index contributed by atoms with van der Waals surface area (Å²) in [4.78, 5) is 29.2. The van der Waals surface area contributed by atoms with Gasteiger partial charge in [0.25, 0.3) is 11.8 Å². The third-order valence-corrected chi connectivity index (χ3v) is 3.98. The van der Waals surface area contributed by atoms with Crippen molar-refractivity contribution in [3.05, 3.63) is 63.1 Å². The molecule has 0 spiro atoms. The van der Waals surface area contributed by atoms with Crippen LogP contribution in [-0.4, -0.2) is 27.3 Å². The van der Waals surface area contributed by atoms with Crippen LogP contribution in [-0.2, 0) is 0 Å². The van der Waals surface area contributed by atoms with Gasteiger partial charge in [0.2, 0.25) is 0 Å². The lowest BCUT2D eigenvalue weighted by Crippen LogP contribution is -2.56. The Morgan fingerprint density at radius 2 is 1.88 bits per heavy atom. The van der Waals surface area contributed by atoms with Crippen LogP contribution in [0, 0.1) is 5.82 Å². The summed E-state index contributed by atoms with van der Waals surface area (Å²) < 4.78 is 14.4. The first-order valence-corrected chi connectivity index (χ1v) is 8.49. The van der Waals surface area contributed by atoms with Gasteiger partial charge in [0, 0.05) is 10.7 Å². The molecule has 0 saturated heterocycles. The van der Waals surface area contributed by atoms with E-state index in [0.29, 0.717) is 4.47 Å². The van der Waals surface area contributed by atoms with Crippen LogP contribution in [0.5, 0.6) is 0 Å². The lowest BCUT2D eigenvalue weighted by Gasteiger charge is -2.35. The van der Waals surface area contributed by atoms with Crippen molar-refractivity contribution in [3.63, 3.8) is 0 Å². The number of nitrogens with zero attached hydrogens (tertiary/aromatic N) is 2. The predicted octanol–water partition coefficient (Wildman–Crippen LogP) is 4.22. The normalized spacial score (nSPS) is 11.1. The molecule has 0 aliphatic carbocycles. The second-order valence-corrected chi connectivity index (χ2v) is 7.50. The van der Waals surface area contributed by atoms with E-state index in [4.69, 9.17) is 11.6 Å². The van der Waals surface area contributed by atoms with Crippen molar-refractivity contribution in [2.24, 2.45) is 0 Å². The van der Waals surface area contributed by atoms with Gasteiger partial charge in [-0.05, 0) is 54.9 Å². The van der Waals surface area contributed by atoms with Crippen LogP contribution >= 0.6 is 27.5 Å². The molecule has 0 saturated carbocycles. The van der Waals surface area contributed by atoms with E-state index in [0.717, 1.165) is 5.01 Å². The highest BCUT2D eigenvalue weighted by molar-refractivity contribution is 9.10. The van der Waals surface area contributed by atoms with Crippen LogP contribution in [0.15, 0.2) is 41.0 Å². The first-order chi connectivity index (χ1) is 11.6. The number of rotatable bonds is 2. The molecule has 0 aliphatic rings. The van der Waals surface area contributed by atoms with E-state index in [9.17, 15) is 14.0 Å². The molecule has 1 aromatic heterocycles. The zero-order chi connectivity index (χ0) is 18.8. The quantitative estimate of drug-likeness (QED) is 0.575. The molecule has 25 heavy (non-hydrogen) atoms. The monoisotopic (exact) mass is 427 g/mol. The first kappa shape index (κ1) is 19.3. The zero-order valence-corrected chi connectivity index (χ0v) is 16.2. The highest BCUT2D eigenvalue weighted by atomic mass is 79.9. The number of pyridine rings is 1. The fraction of sp³-hybridized carbons (Fsp3) is 0.235. The molecule has 2 aromatic rings.